The highest BCUT2D eigenvalue weighted by Crippen LogP contribution is 2.23. The fraction of sp³-hybridized carbons (Fsp3) is 0.300. The van der Waals surface area contributed by atoms with Gasteiger partial charge in [-0.3, -0.25) is 9.59 Å². The predicted molar refractivity (Wildman–Crippen MR) is 110 cm³/mol. The average molecular weight is 414 g/mol. The summed E-state index contributed by atoms with van der Waals surface area (Å²) in [7, 11) is 1.54. The maximum atomic E-state index is 12.5. The molecule has 1 N–H and O–H groups in total. The Hall–Kier alpha value is -3.20. The number of hydrogen-bond donors (Lipinski definition) is 1. The second-order valence-corrected chi connectivity index (χ2v) is 6.96. The molecule has 0 radical (unpaired) electrons. The van der Waals surface area contributed by atoms with Gasteiger partial charge < -0.3 is 19.5 Å². The van der Waals surface area contributed by atoms with Gasteiger partial charge in [-0.05, 0) is 30.5 Å². The van der Waals surface area contributed by atoms with Crippen LogP contribution in [0.4, 0.5) is 5.69 Å². The van der Waals surface area contributed by atoms with Crippen LogP contribution in [0.25, 0.3) is 11.4 Å². The van der Waals surface area contributed by atoms with Crippen LogP contribution in [0.5, 0.6) is 5.75 Å². The van der Waals surface area contributed by atoms with Crippen molar-refractivity contribution in [3.63, 3.8) is 0 Å². The minimum absolute atomic E-state index is 0.0443. The molecule has 8 nitrogen and oxygen atoms in total. The van der Waals surface area contributed by atoms with Gasteiger partial charge in [0.2, 0.25) is 23.5 Å². The number of nitrogens with zero attached hydrogens (tertiary/aromatic N) is 3. The summed E-state index contributed by atoms with van der Waals surface area (Å²) in [5.74, 6) is 1.03. The SMILES string of the molecule is CCN(CC(=O)Nc1ccccc1OC)C(=O)CCc1nc(-c2ccsc2)no1. The number of rotatable bonds is 9. The molecule has 2 heterocycles. The third-order valence-corrected chi connectivity index (χ3v) is 4.93. The first-order valence-electron chi connectivity index (χ1n) is 9.16. The Balaban J connectivity index is 1.53. The van der Waals surface area contributed by atoms with Gasteiger partial charge >= 0.3 is 0 Å². The van der Waals surface area contributed by atoms with E-state index in [1.54, 1.807) is 29.5 Å². The first-order valence-corrected chi connectivity index (χ1v) is 10.1. The molecule has 1 aromatic carbocycles. The lowest BCUT2D eigenvalue weighted by atomic mass is 10.2. The van der Waals surface area contributed by atoms with Crippen molar-refractivity contribution in [2.75, 3.05) is 25.5 Å². The van der Waals surface area contributed by atoms with Gasteiger partial charge in [-0.1, -0.05) is 17.3 Å². The van der Waals surface area contributed by atoms with Crippen LogP contribution in [0.15, 0.2) is 45.6 Å². The summed E-state index contributed by atoms with van der Waals surface area (Å²) in [6, 6.07) is 9.03. The number of benzene rings is 1. The van der Waals surface area contributed by atoms with Gasteiger partial charge in [0.15, 0.2) is 0 Å². The van der Waals surface area contributed by atoms with Gasteiger partial charge in [0.25, 0.3) is 0 Å². The van der Waals surface area contributed by atoms with E-state index in [9.17, 15) is 9.59 Å². The van der Waals surface area contributed by atoms with Crippen molar-refractivity contribution in [1.29, 1.82) is 0 Å². The Morgan fingerprint density at radius 3 is 2.83 bits per heavy atom. The number of nitrogens with one attached hydrogen (secondary N) is 1. The Labute approximate surface area is 172 Å². The van der Waals surface area contributed by atoms with E-state index in [0.29, 0.717) is 36.1 Å². The molecule has 0 saturated carbocycles. The molecule has 0 aliphatic heterocycles. The average Bonchev–Trinajstić information content (AvgIpc) is 3.42. The maximum Gasteiger partial charge on any atom is 0.244 e. The van der Waals surface area contributed by atoms with Gasteiger partial charge in [-0.25, -0.2) is 0 Å². The zero-order chi connectivity index (χ0) is 20.6. The third kappa shape index (κ3) is 5.41. The van der Waals surface area contributed by atoms with Crippen molar-refractivity contribution < 1.29 is 18.8 Å². The molecule has 152 valence electrons. The van der Waals surface area contributed by atoms with Gasteiger partial charge in [-0.15, -0.1) is 0 Å². The topological polar surface area (TPSA) is 97.6 Å². The number of carbonyl (C=O) groups excluding carboxylic acids is 2. The summed E-state index contributed by atoms with van der Waals surface area (Å²) in [5, 5.41) is 10.6. The Bertz CT molecular complexity index is 955. The number of thiophene rings is 1. The Morgan fingerprint density at radius 1 is 1.28 bits per heavy atom. The van der Waals surface area contributed by atoms with E-state index in [2.05, 4.69) is 15.5 Å². The molecule has 0 fully saturated rings. The Morgan fingerprint density at radius 2 is 2.10 bits per heavy atom. The summed E-state index contributed by atoms with van der Waals surface area (Å²) in [4.78, 5) is 30.7. The number of methoxy groups -OCH3 is 1. The van der Waals surface area contributed by atoms with Crippen molar-refractivity contribution in [1.82, 2.24) is 15.0 Å². The summed E-state index contributed by atoms with van der Waals surface area (Å²) < 4.78 is 10.4. The molecule has 0 unspecified atom stereocenters. The van der Waals surface area contributed by atoms with E-state index in [1.165, 1.54) is 12.0 Å². The van der Waals surface area contributed by atoms with Crippen LogP contribution >= 0.6 is 11.3 Å². The first kappa shape index (κ1) is 20.5. The summed E-state index contributed by atoms with van der Waals surface area (Å²) in [6.07, 6.45) is 0.502. The number of aromatic nitrogens is 2. The predicted octanol–water partition coefficient (Wildman–Crippen LogP) is 3.23. The lowest BCUT2D eigenvalue weighted by Crippen LogP contribution is -2.38. The van der Waals surface area contributed by atoms with Crippen LogP contribution < -0.4 is 10.1 Å². The Kier molecular flexibility index (Phi) is 6.96. The molecule has 0 aliphatic carbocycles. The van der Waals surface area contributed by atoms with Crippen LogP contribution in [0.2, 0.25) is 0 Å². The monoisotopic (exact) mass is 414 g/mol. The number of amides is 2. The van der Waals surface area contributed by atoms with E-state index >= 15 is 0 Å². The van der Waals surface area contributed by atoms with Crippen LogP contribution in [0.1, 0.15) is 19.2 Å². The quantitative estimate of drug-likeness (QED) is 0.577. The van der Waals surface area contributed by atoms with Crippen molar-refractivity contribution in [2.24, 2.45) is 0 Å². The fourth-order valence-electron chi connectivity index (χ4n) is 2.72. The van der Waals surface area contributed by atoms with Gasteiger partial charge in [0.1, 0.15) is 5.75 Å². The van der Waals surface area contributed by atoms with E-state index in [1.807, 2.05) is 29.8 Å². The molecule has 0 atom stereocenters. The van der Waals surface area contributed by atoms with Gasteiger partial charge in [0.05, 0.1) is 19.3 Å². The van der Waals surface area contributed by atoms with E-state index < -0.39 is 0 Å². The number of carbonyl (C=O) groups is 2. The molecule has 0 bridgehead atoms. The standard InChI is InChI=1S/C20H22N4O4S/c1-3-24(12-17(25)21-15-6-4-5-7-16(15)27-2)19(26)9-8-18-22-20(23-28-18)14-10-11-29-13-14/h4-7,10-11,13H,3,8-9,12H2,1-2H3,(H,21,25). The molecular weight excluding hydrogens is 392 g/mol. The molecular formula is C20H22N4O4S. The molecule has 2 aromatic heterocycles. The van der Waals surface area contributed by atoms with Gasteiger partial charge in [-0.2, -0.15) is 16.3 Å². The van der Waals surface area contributed by atoms with Crippen molar-refractivity contribution in [3.8, 4) is 17.1 Å². The molecule has 0 spiro atoms. The van der Waals surface area contributed by atoms with Crippen LogP contribution in [-0.2, 0) is 16.0 Å². The highest BCUT2D eigenvalue weighted by molar-refractivity contribution is 7.08. The molecule has 0 aliphatic rings. The molecule has 0 saturated heterocycles. The lowest BCUT2D eigenvalue weighted by Gasteiger charge is -2.20. The lowest BCUT2D eigenvalue weighted by molar-refractivity contribution is -0.134. The molecule has 2 amide bonds. The second-order valence-electron chi connectivity index (χ2n) is 6.18. The number of ether oxygens (including phenoxy) is 1. The molecule has 9 heteroatoms. The van der Waals surface area contributed by atoms with Crippen molar-refractivity contribution in [2.45, 2.75) is 19.8 Å². The van der Waals surface area contributed by atoms with Crippen molar-refractivity contribution >= 4 is 28.8 Å². The van der Waals surface area contributed by atoms with Crippen LogP contribution in [0, 0.1) is 0 Å². The zero-order valence-corrected chi connectivity index (χ0v) is 17.1. The number of aryl methyl sites for hydroxylation is 1. The van der Waals surface area contributed by atoms with Gasteiger partial charge in [0, 0.05) is 30.3 Å². The summed E-state index contributed by atoms with van der Waals surface area (Å²) in [6.45, 7) is 2.20. The van der Waals surface area contributed by atoms with E-state index in [4.69, 9.17) is 9.26 Å². The summed E-state index contributed by atoms with van der Waals surface area (Å²) in [5.41, 5.74) is 1.45. The van der Waals surface area contributed by atoms with Crippen molar-refractivity contribution in [3.05, 3.63) is 47.0 Å². The third-order valence-electron chi connectivity index (χ3n) is 4.25. The smallest absolute Gasteiger partial charge is 0.244 e. The van der Waals surface area contributed by atoms with Crippen LogP contribution in [-0.4, -0.2) is 47.1 Å². The highest BCUT2D eigenvalue weighted by atomic mass is 32.1. The molecule has 29 heavy (non-hydrogen) atoms. The molecule has 3 aromatic rings. The highest BCUT2D eigenvalue weighted by Gasteiger charge is 2.18. The number of para-hydroxylation sites is 2. The number of hydrogen-bond acceptors (Lipinski definition) is 7. The van der Waals surface area contributed by atoms with E-state index in [0.717, 1.165) is 5.56 Å². The zero-order valence-electron chi connectivity index (χ0n) is 16.3. The largest absolute Gasteiger partial charge is 0.495 e. The minimum atomic E-state index is -0.290. The normalized spacial score (nSPS) is 10.6. The number of anilines is 1. The second kappa shape index (κ2) is 9.83. The minimum Gasteiger partial charge on any atom is -0.495 e. The summed E-state index contributed by atoms with van der Waals surface area (Å²) >= 11 is 1.55. The molecule has 3 rings (SSSR count). The fourth-order valence-corrected chi connectivity index (χ4v) is 3.36. The van der Waals surface area contributed by atoms with E-state index in [-0.39, 0.29) is 24.8 Å². The maximum absolute atomic E-state index is 12.5. The number of likely N-dealkylation sites (N-methyl/N-ethyl adjacent to an activating group) is 1. The first-order chi connectivity index (χ1) is 14.1. The van der Waals surface area contributed by atoms with Crippen LogP contribution in [0.3, 0.4) is 0 Å².